The van der Waals surface area contributed by atoms with Crippen molar-refractivity contribution in [1.82, 2.24) is 0 Å². The minimum atomic E-state index is -1.53. The topological polar surface area (TPSA) is 108 Å². The third-order valence-electron chi connectivity index (χ3n) is 4.23. The lowest BCUT2D eigenvalue weighted by Gasteiger charge is -2.22. The largest absolute Gasteiger partial charge is 0.459 e. The van der Waals surface area contributed by atoms with E-state index in [1.54, 1.807) is 60.7 Å². The molecule has 0 radical (unpaired) electrons. The maximum atomic E-state index is 12.4. The molecule has 1 heterocycles. The Labute approximate surface area is 167 Å². The number of aliphatic hydroxyl groups is 1. The highest BCUT2D eigenvalue weighted by Gasteiger charge is 2.49. The smallest absolute Gasteiger partial charge is 0.338 e. The molecule has 8 heteroatoms. The molecule has 1 fully saturated rings. The minimum Gasteiger partial charge on any atom is -0.459 e. The van der Waals surface area contributed by atoms with Gasteiger partial charge in [0.2, 0.25) is 0 Å². The molecule has 1 saturated heterocycles. The van der Waals surface area contributed by atoms with Crippen LogP contribution in [-0.2, 0) is 23.7 Å². The summed E-state index contributed by atoms with van der Waals surface area (Å²) >= 11 is 0. The standard InChI is InChI=1S/C21H20O8/c1-13(22)27-18-17(29-20(24)15-10-6-3-7-11-15)16(28-21(18)25)12-26-19(23)14-8-4-2-5-9-14/h2-11,16-18,21,25H,12H2,1H3/t16-,17-,18-,21+/m0/s1. The molecule has 2 aromatic carbocycles. The van der Waals surface area contributed by atoms with Crippen LogP contribution in [-0.4, -0.2) is 54.2 Å². The van der Waals surface area contributed by atoms with Crippen molar-refractivity contribution < 1.29 is 38.4 Å². The fraction of sp³-hybridized carbons (Fsp3) is 0.286. The van der Waals surface area contributed by atoms with Crippen LogP contribution in [0.15, 0.2) is 60.7 Å². The monoisotopic (exact) mass is 400 g/mol. The molecule has 8 nitrogen and oxygen atoms in total. The zero-order valence-electron chi connectivity index (χ0n) is 15.6. The first-order chi connectivity index (χ1) is 14.0. The molecule has 2 aromatic rings. The van der Waals surface area contributed by atoms with Crippen molar-refractivity contribution in [3.63, 3.8) is 0 Å². The van der Waals surface area contributed by atoms with E-state index in [1.165, 1.54) is 0 Å². The second-order valence-corrected chi connectivity index (χ2v) is 6.34. The zero-order valence-corrected chi connectivity index (χ0v) is 15.6. The summed E-state index contributed by atoms with van der Waals surface area (Å²) in [5.74, 6) is -1.97. The summed E-state index contributed by atoms with van der Waals surface area (Å²) in [4.78, 5) is 36.0. The van der Waals surface area contributed by atoms with Crippen molar-refractivity contribution in [3.05, 3.63) is 71.8 Å². The average molecular weight is 400 g/mol. The molecule has 3 rings (SSSR count). The maximum Gasteiger partial charge on any atom is 0.338 e. The van der Waals surface area contributed by atoms with Crippen molar-refractivity contribution in [2.45, 2.75) is 31.5 Å². The van der Waals surface area contributed by atoms with Gasteiger partial charge in [-0.2, -0.15) is 0 Å². The van der Waals surface area contributed by atoms with Crippen LogP contribution in [0, 0.1) is 0 Å². The lowest BCUT2D eigenvalue weighted by atomic mass is 10.1. The van der Waals surface area contributed by atoms with E-state index in [9.17, 15) is 19.5 Å². The maximum absolute atomic E-state index is 12.4. The number of esters is 3. The van der Waals surface area contributed by atoms with E-state index in [2.05, 4.69) is 0 Å². The highest BCUT2D eigenvalue weighted by molar-refractivity contribution is 5.90. The number of ether oxygens (including phenoxy) is 4. The predicted molar refractivity (Wildman–Crippen MR) is 98.8 cm³/mol. The quantitative estimate of drug-likeness (QED) is 0.577. The van der Waals surface area contributed by atoms with Crippen LogP contribution in [0.25, 0.3) is 0 Å². The van der Waals surface area contributed by atoms with Gasteiger partial charge in [-0.3, -0.25) is 4.79 Å². The first-order valence-electron chi connectivity index (χ1n) is 8.94. The van der Waals surface area contributed by atoms with E-state index in [-0.39, 0.29) is 12.2 Å². The minimum absolute atomic E-state index is 0.274. The molecule has 0 unspecified atom stereocenters. The van der Waals surface area contributed by atoms with E-state index in [4.69, 9.17) is 18.9 Å². The van der Waals surface area contributed by atoms with Crippen LogP contribution in [0.2, 0.25) is 0 Å². The lowest BCUT2D eigenvalue weighted by Crippen LogP contribution is -2.41. The molecule has 0 spiro atoms. The number of hydrogen-bond acceptors (Lipinski definition) is 8. The number of benzene rings is 2. The van der Waals surface area contributed by atoms with Crippen molar-refractivity contribution in [3.8, 4) is 0 Å². The predicted octanol–water partition coefficient (Wildman–Crippen LogP) is 1.72. The molecular weight excluding hydrogens is 380 g/mol. The van der Waals surface area contributed by atoms with Crippen LogP contribution in [0.4, 0.5) is 0 Å². The summed E-state index contributed by atoms with van der Waals surface area (Å²) in [6, 6.07) is 16.5. The second kappa shape index (κ2) is 9.31. The van der Waals surface area contributed by atoms with Crippen LogP contribution < -0.4 is 0 Å². The summed E-state index contributed by atoms with van der Waals surface area (Å²) in [5.41, 5.74) is 0.607. The van der Waals surface area contributed by atoms with Gasteiger partial charge in [0, 0.05) is 6.92 Å². The fourth-order valence-electron chi connectivity index (χ4n) is 2.88. The van der Waals surface area contributed by atoms with E-state index >= 15 is 0 Å². The molecule has 1 aliphatic rings. The number of aliphatic hydroxyl groups excluding tert-OH is 1. The number of carbonyl (C=O) groups is 3. The highest BCUT2D eigenvalue weighted by atomic mass is 16.7. The first-order valence-corrected chi connectivity index (χ1v) is 8.94. The Kier molecular flexibility index (Phi) is 6.58. The van der Waals surface area contributed by atoms with Gasteiger partial charge in [0.15, 0.2) is 18.5 Å². The van der Waals surface area contributed by atoms with Crippen molar-refractivity contribution in [1.29, 1.82) is 0 Å². The van der Waals surface area contributed by atoms with E-state index < -0.39 is 42.5 Å². The Hall–Kier alpha value is -3.23. The summed E-state index contributed by atoms with van der Waals surface area (Å²) in [6.07, 6.45) is -4.96. The SMILES string of the molecule is CC(=O)O[C@H]1[C@@H](OC(=O)c2ccccc2)[C@H](COC(=O)c2ccccc2)O[C@H]1O. The average Bonchev–Trinajstić information content (AvgIpc) is 3.01. The van der Waals surface area contributed by atoms with Crippen LogP contribution >= 0.6 is 0 Å². The van der Waals surface area contributed by atoms with E-state index in [1.807, 2.05) is 0 Å². The molecule has 0 bridgehead atoms. The van der Waals surface area contributed by atoms with Gasteiger partial charge >= 0.3 is 17.9 Å². The molecule has 0 aliphatic carbocycles. The molecule has 0 saturated carbocycles. The fourth-order valence-corrected chi connectivity index (χ4v) is 2.88. The van der Waals surface area contributed by atoms with Gasteiger partial charge in [-0.15, -0.1) is 0 Å². The molecular formula is C21H20O8. The molecule has 4 atom stereocenters. The van der Waals surface area contributed by atoms with E-state index in [0.717, 1.165) is 6.92 Å². The van der Waals surface area contributed by atoms with Crippen molar-refractivity contribution in [2.75, 3.05) is 6.61 Å². The van der Waals surface area contributed by atoms with Gasteiger partial charge < -0.3 is 24.1 Å². The summed E-state index contributed by atoms with van der Waals surface area (Å²) < 4.78 is 21.1. The molecule has 29 heavy (non-hydrogen) atoms. The van der Waals surface area contributed by atoms with Gasteiger partial charge in [-0.05, 0) is 24.3 Å². The van der Waals surface area contributed by atoms with Gasteiger partial charge in [-0.1, -0.05) is 36.4 Å². The van der Waals surface area contributed by atoms with Crippen LogP contribution in [0.3, 0.4) is 0 Å². The summed E-state index contributed by atoms with van der Waals surface area (Å²) in [6.45, 7) is 0.848. The Morgan fingerprint density at radius 1 is 0.862 bits per heavy atom. The summed E-state index contributed by atoms with van der Waals surface area (Å²) in [7, 11) is 0. The first kappa shape index (κ1) is 20.5. The molecule has 1 N–H and O–H groups in total. The molecule has 0 aromatic heterocycles. The Bertz CT molecular complexity index is 851. The third kappa shape index (κ3) is 5.18. The zero-order chi connectivity index (χ0) is 20.8. The van der Waals surface area contributed by atoms with Crippen LogP contribution in [0.1, 0.15) is 27.6 Å². The molecule has 152 valence electrons. The van der Waals surface area contributed by atoms with Crippen LogP contribution in [0.5, 0.6) is 0 Å². The normalized spacial score (nSPS) is 23.2. The Morgan fingerprint density at radius 2 is 1.41 bits per heavy atom. The number of hydrogen-bond donors (Lipinski definition) is 1. The van der Waals surface area contributed by atoms with Gasteiger partial charge in [0.05, 0.1) is 11.1 Å². The Balaban J connectivity index is 1.72. The van der Waals surface area contributed by atoms with Crippen molar-refractivity contribution in [2.24, 2.45) is 0 Å². The van der Waals surface area contributed by atoms with Gasteiger partial charge in [0.25, 0.3) is 0 Å². The van der Waals surface area contributed by atoms with Gasteiger partial charge in [0.1, 0.15) is 12.7 Å². The number of rotatable bonds is 6. The third-order valence-corrected chi connectivity index (χ3v) is 4.23. The molecule has 1 aliphatic heterocycles. The second-order valence-electron chi connectivity index (χ2n) is 6.34. The highest BCUT2D eigenvalue weighted by Crippen LogP contribution is 2.27. The summed E-state index contributed by atoms with van der Waals surface area (Å²) in [5, 5.41) is 10.1. The van der Waals surface area contributed by atoms with Gasteiger partial charge in [-0.25, -0.2) is 9.59 Å². The number of carbonyl (C=O) groups excluding carboxylic acids is 3. The molecule has 0 amide bonds. The Morgan fingerprint density at radius 3 is 1.97 bits per heavy atom. The lowest BCUT2D eigenvalue weighted by molar-refractivity contribution is -0.170. The van der Waals surface area contributed by atoms with Crippen molar-refractivity contribution >= 4 is 17.9 Å². The van der Waals surface area contributed by atoms with E-state index in [0.29, 0.717) is 5.56 Å².